The molecule has 0 saturated heterocycles. The van der Waals surface area contributed by atoms with Crippen molar-refractivity contribution in [2.45, 2.75) is 0 Å². The molecule has 0 aromatic rings. The summed E-state index contributed by atoms with van der Waals surface area (Å²) in [7, 11) is -20.7. The van der Waals surface area contributed by atoms with Gasteiger partial charge < -0.3 is 36.4 Å². The Labute approximate surface area is 339 Å². The second kappa shape index (κ2) is 39.0. The molecule has 0 N–H and O–H groups in total. The van der Waals surface area contributed by atoms with Crippen LogP contribution in [0, 0.1) is 0 Å². The molecule has 28 heteroatoms. The SMILES string of the molecule is O=S(=O)([O-])[O-].O=S(=O)([O-])[O-].O=S(=O)([O-])[O-].O=S(=O)([O-])[O-].[Na+].[Na+].[Na+].[Na+].[Na+].[Na+].[Na+].[Na+]. The van der Waals surface area contributed by atoms with Gasteiger partial charge in [-0.05, 0) is 0 Å². The van der Waals surface area contributed by atoms with E-state index in [4.69, 9.17) is 70.1 Å². The second-order valence-electron chi connectivity index (χ2n) is 1.63. The van der Waals surface area contributed by atoms with E-state index < -0.39 is 41.6 Å². The van der Waals surface area contributed by atoms with Crippen LogP contribution in [0.1, 0.15) is 0 Å². The molecule has 0 rings (SSSR count). The molecule has 0 radical (unpaired) electrons. The first-order chi connectivity index (χ1) is 8.00. The fourth-order valence-corrected chi connectivity index (χ4v) is 0. The van der Waals surface area contributed by atoms with Crippen molar-refractivity contribution in [2.75, 3.05) is 0 Å². The summed E-state index contributed by atoms with van der Waals surface area (Å²) in [5.41, 5.74) is 0. The summed E-state index contributed by atoms with van der Waals surface area (Å²) in [5, 5.41) is 0. The van der Waals surface area contributed by atoms with E-state index in [-0.39, 0.29) is 236 Å². The molecule has 0 aliphatic carbocycles. The normalized spacial score (nSPS) is 8.29. The Kier molecular flexibility index (Phi) is 107. The topological polar surface area (TPSA) is 321 Å². The second-order valence-corrected chi connectivity index (χ2v) is 4.90. The first-order valence-corrected chi connectivity index (χ1v) is 8.00. The van der Waals surface area contributed by atoms with Gasteiger partial charge in [0.1, 0.15) is 0 Å². The van der Waals surface area contributed by atoms with Gasteiger partial charge in [0.25, 0.3) is 0 Å². The van der Waals surface area contributed by atoms with E-state index >= 15 is 0 Å². The molecule has 0 bridgehead atoms. The molecule has 28 heavy (non-hydrogen) atoms. The van der Waals surface area contributed by atoms with Crippen molar-refractivity contribution in [1.82, 2.24) is 0 Å². The zero-order valence-electron chi connectivity index (χ0n) is 16.2. The van der Waals surface area contributed by atoms with Crippen molar-refractivity contribution in [3.63, 3.8) is 0 Å². The third-order valence-electron chi connectivity index (χ3n) is 0. The summed E-state index contributed by atoms with van der Waals surface area (Å²) in [6.45, 7) is 0. The van der Waals surface area contributed by atoms with Gasteiger partial charge >= 0.3 is 236 Å². The number of rotatable bonds is 0. The van der Waals surface area contributed by atoms with Crippen molar-refractivity contribution in [1.29, 1.82) is 0 Å². The summed E-state index contributed by atoms with van der Waals surface area (Å²) in [4.78, 5) is 0. The van der Waals surface area contributed by atoms with Gasteiger partial charge in [0.15, 0.2) is 0 Å². The van der Waals surface area contributed by atoms with Gasteiger partial charge in [-0.2, -0.15) is 0 Å². The summed E-state index contributed by atoms with van der Waals surface area (Å²) in [6.07, 6.45) is 0. The zero-order valence-corrected chi connectivity index (χ0v) is 35.4. The van der Waals surface area contributed by atoms with E-state index in [1.54, 1.807) is 0 Å². The first kappa shape index (κ1) is 76.5. The van der Waals surface area contributed by atoms with Gasteiger partial charge in [-0.3, -0.25) is 33.7 Å². The predicted octanol–water partition coefficient (Wildman–Crippen LogP) is -29.3. The minimum absolute atomic E-state index is 0. The average Bonchev–Trinajstić information content (AvgIpc) is 1.62. The van der Waals surface area contributed by atoms with Crippen LogP contribution in [0.4, 0.5) is 0 Å². The summed E-state index contributed by atoms with van der Waals surface area (Å²) >= 11 is 0. The third kappa shape index (κ3) is 631. The number of hydrogen-bond donors (Lipinski definition) is 0. The van der Waals surface area contributed by atoms with E-state index in [9.17, 15) is 0 Å². The predicted molar refractivity (Wildman–Crippen MR) is 41.9 cm³/mol. The molecule has 0 aliphatic rings. The zero-order chi connectivity index (χ0) is 18.0. The van der Waals surface area contributed by atoms with Gasteiger partial charge in [-0.15, -0.1) is 0 Å². The van der Waals surface area contributed by atoms with Crippen molar-refractivity contribution in [3.05, 3.63) is 0 Å². The van der Waals surface area contributed by atoms with E-state index in [2.05, 4.69) is 0 Å². The summed E-state index contributed by atoms with van der Waals surface area (Å²) < 4.78 is 136. The standard InChI is InChI=1S/8Na.4H2O4S/c;;;;;;;;4*1-5(2,3)4/h;;;;;;;;4*(H2,1,2,3,4)/q8*+1;;;;/p-8. The van der Waals surface area contributed by atoms with Crippen molar-refractivity contribution in [2.24, 2.45) is 0 Å². The maximum absolute atomic E-state index is 8.52. The minimum Gasteiger partial charge on any atom is -0.759 e. The molecule has 128 valence electrons. The molecule has 0 atom stereocenters. The van der Waals surface area contributed by atoms with Crippen LogP contribution in [0.25, 0.3) is 0 Å². The van der Waals surface area contributed by atoms with E-state index in [1.807, 2.05) is 0 Å². The molecule has 0 aromatic heterocycles. The average molecular weight is 568 g/mol. The monoisotopic (exact) mass is 568 g/mol. The molecule has 0 amide bonds. The Morgan fingerprint density at radius 3 is 0.250 bits per heavy atom. The molecule has 16 nitrogen and oxygen atoms in total. The quantitative estimate of drug-likeness (QED) is 0.149. The molecular weight excluding hydrogens is 568 g/mol. The Morgan fingerprint density at radius 1 is 0.250 bits per heavy atom. The van der Waals surface area contributed by atoms with Crippen molar-refractivity contribution >= 4 is 41.6 Å². The minimum atomic E-state index is -5.17. The molecular formula is Na8O16S4. The first-order valence-electron chi connectivity index (χ1n) is 2.67. The molecule has 0 saturated carbocycles. The molecule has 0 fully saturated rings. The Hall–Kier alpha value is 7.48. The van der Waals surface area contributed by atoms with Crippen LogP contribution >= 0.6 is 0 Å². The fraction of sp³-hybridized carbons (Fsp3) is 0. The summed E-state index contributed by atoms with van der Waals surface area (Å²) in [5.74, 6) is 0. The van der Waals surface area contributed by atoms with E-state index in [0.29, 0.717) is 0 Å². The molecule has 0 spiro atoms. The summed E-state index contributed by atoms with van der Waals surface area (Å²) in [6, 6.07) is 0. The Morgan fingerprint density at radius 2 is 0.250 bits per heavy atom. The van der Waals surface area contributed by atoms with E-state index in [0.717, 1.165) is 0 Å². The van der Waals surface area contributed by atoms with Gasteiger partial charge in [-0.25, -0.2) is 0 Å². The smallest absolute Gasteiger partial charge is 0.759 e. The van der Waals surface area contributed by atoms with Crippen LogP contribution in [0.2, 0.25) is 0 Å². The Bertz CT molecular complexity index is 491. The molecule has 0 unspecified atom stereocenters. The van der Waals surface area contributed by atoms with Gasteiger partial charge in [0, 0.05) is 41.6 Å². The van der Waals surface area contributed by atoms with Gasteiger partial charge in [0.05, 0.1) is 0 Å². The van der Waals surface area contributed by atoms with Gasteiger partial charge in [0.2, 0.25) is 0 Å². The molecule has 0 heterocycles. The van der Waals surface area contributed by atoms with Crippen molar-refractivity contribution in [3.8, 4) is 0 Å². The third-order valence-corrected chi connectivity index (χ3v) is 0. The van der Waals surface area contributed by atoms with Crippen LogP contribution in [0.5, 0.6) is 0 Å². The van der Waals surface area contributed by atoms with Crippen LogP contribution in [-0.2, 0) is 41.6 Å². The van der Waals surface area contributed by atoms with Crippen LogP contribution in [-0.4, -0.2) is 70.1 Å². The molecule has 0 aliphatic heterocycles. The van der Waals surface area contributed by atoms with Crippen molar-refractivity contribution < 1.29 is 307 Å². The Balaban J connectivity index is -0.0000000111. The van der Waals surface area contributed by atoms with Crippen LogP contribution in [0.3, 0.4) is 0 Å². The fourth-order valence-electron chi connectivity index (χ4n) is 0. The van der Waals surface area contributed by atoms with Crippen LogP contribution in [0.15, 0.2) is 0 Å². The van der Waals surface area contributed by atoms with Gasteiger partial charge in [-0.1, -0.05) is 0 Å². The molecule has 0 aromatic carbocycles. The number of hydrogen-bond acceptors (Lipinski definition) is 16. The van der Waals surface area contributed by atoms with E-state index in [1.165, 1.54) is 0 Å². The maximum Gasteiger partial charge on any atom is 1.00 e. The maximum atomic E-state index is 8.52. The van der Waals surface area contributed by atoms with Crippen LogP contribution < -0.4 is 236 Å². The largest absolute Gasteiger partial charge is 1.00 e.